The zero-order valence-electron chi connectivity index (χ0n) is 16.3. The van der Waals surface area contributed by atoms with Gasteiger partial charge in [0.25, 0.3) is 0 Å². The van der Waals surface area contributed by atoms with Gasteiger partial charge >= 0.3 is 0 Å². The molecule has 0 saturated heterocycles. The highest BCUT2D eigenvalue weighted by Gasteiger charge is 2.14. The number of hydrogen-bond acceptors (Lipinski definition) is 3. The molecule has 1 amide bonds. The minimum absolute atomic E-state index is 0.00300. The van der Waals surface area contributed by atoms with Crippen molar-refractivity contribution in [3.8, 4) is 5.75 Å². The molecule has 6 nitrogen and oxygen atoms in total. The van der Waals surface area contributed by atoms with Crippen molar-refractivity contribution in [2.75, 3.05) is 20.1 Å². The molecule has 0 saturated carbocycles. The fourth-order valence-corrected chi connectivity index (χ4v) is 2.05. The lowest BCUT2D eigenvalue weighted by Crippen LogP contribution is -2.41. The number of carbonyl (C=O) groups is 1. The molecule has 3 N–H and O–H groups in total. The van der Waals surface area contributed by atoms with Gasteiger partial charge in [0.1, 0.15) is 11.4 Å². The number of carbonyl (C=O) groups excluding carboxylic acids is 1. The van der Waals surface area contributed by atoms with Crippen molar-refractivity contribution >= 4 is 11.9 Å². The van der Waals surface area contributed by atoms with Crippen molar-refractivity contribution < 1.29 is 9.53 Å². The van der Waals surface area contributed by atoms with Gasteiger partial charge in [0, 0.05) is 38.2 Å². The summed E-state index contributed by atoms with van der Waals surface area (Å²) in [6.45, 7) is 11.6. The number of hydrogen-bond donors (Lipinski definition) is 3. The Bertz CT molecular complexity index is 577. The monoisotopic (exact) mass is 348 g/mol. The largest absolute Gasteiger partial charge is 0.488 e. The van der Waals surface area contributed by atoms with E-state index in [1.54, 1.807) is 7.05 Å². The minimum atomic E-state index is -0.245. The Hall–Kier alpha value is -2.24. The van der Waals surface area contributed by atoms with Crippen LogP contribution in [0.3, 0.4) is 0 Å². The van der Waals surface area contributed by atoms with Gasteiger partial charge in [-0.2, -0.15) is 0 Å². The summed E-state index contributed by atoms with van der Waals surface area (Å²) >= 11 is 0. The third-order valence-electron chi connectivity index (χ3n) is 3.30. The SMILES string of the molecule is CN=C(NCCNC(=O)C(C)C)NCc1ccccc1OC(C)(C)C. The Morgan fingerprint density at radius 1 is 1.12 bits per heavy atom. The number of nitrogens with one attached hydrogen (secondary N) is 3. The Morgan fingerprint density at radius 2 is 1.76 bits per heavy atom. The first-order valence-corrected chi connectivity index (χ1v) is 8.72. The normalized spacial score (nSPS) is 12.0. The first kappa shape index (κ1) is 20.8. The summed E-state index contributed by atoms with van der Waals surface area (Å²) in [5, 5.41) is 9.32. The molecule has 0 aromatic heterocycles. The van der Waals surface area contributed by atoms with Crippen LogP contribution in [0.2, 0.25) is 0 Å². The van der Waals surface area contributed by atoms with E-state index in [0.29, 0.717) is 25.6 Å². The smallest absolute Gasteiger partial charge is 0.222 e. The maximum absolute atomic E-state index is 11.5. The number of ether oxygens (including phenoxy) is 1. The minimum Gasteiger partial charge on any atom is -0.488 e. The highest BCUT2D eigenvalue weighted by molar-refractivity contribution is 5.80. The van der Waals surface area contributed by atoms with Gasteiger partial charge < -0.3 is 20.7 Å². The van der Waals surface area contributed by atoms with Crippen LogP contribution >= 0.6 is 0 Å². The van der Waals surface area contributed by atoms with Crippen LogP contribution in [0, 0.1) is 5.92 Å². The number of para-hydroxylation sites is 1. The van der Waals surface area contributed by atoms with Crippen molar-refractivity contribution in [1.29, 1.82) is 0 Å². The van der Waals surface area contributed by atoms with Crippen LogP contribution in [0.4, 0.5) is 0 Å². The fourth-order valence-electron chi connectivity index (χ4n) is 2.05. The molecule has 0 spiro atoms. The first-order chi connectivity index (χ1) is 11.7. The van der Waals surface area contributed by atoms with E-state index in [4.69, 9.17) is 4.74 Å². The second-order valence-electron chi connectivity index (χ2n) is 7.12. The van der Waals surface area contributed by atoms with E-state index < -0.39 is 0 Å². The maximum atomic E-state index is 11.5. The zero-order chi connectivity index (χ0) is 18.9. The Kier molecular flexibility index (Phi) is 8.25. The average Bonchev–Trinajstić information content (AvgIpc) is 2.53. The highest BCUT2D eigenvalue weighted by atomic mass is 16.5. The summed E-state index contributed by atoms with van der Waals surface area (Å²) in [7, 11) is 1.72. The van der Waals surface area contributed by atoms with Crippen molar-refractivity contribution in [1.82, 2.24) is 16.0 Å². The van der Waals surface area contributed by atoms with Crippen molar-refractivity contribution in [3.63, 3.8) is 0 Å². The Labute approximate surface area is 151 Å². The second-order valence-corrected chi connectivity index (χ2v) is 7.12. The average molecular weight is 348 g/mol. The van der Waals surface area contributed by atoms with Crippen LogP contribution < -0.4 is 20.7 Å². The molecule has 6 heteroatoms. The lowest BCUT2D eigenvalue weighted by Gasteiger charge is -2.23. The molecule has 1 aromatic rings. The van der Waals surface area contributed by atoms with Crippen LogP contribution in [0.25, 0.3) is 0 Å². The molecule has 0 atom stereocenters. The van der Waals surface area contributed by atoms with Gasteiger partial charge in [0.05, 0.1) is 0 Å². The van der Waals surface area contributed by atoms with Crippen molar-refractivity contribution in [2.24, 2.45) is 10.9 Å². The summed E-state index contributed by atoms with van der Waals surface area (Å²) in [5.74, 6) is 1.60. The van der Waals surface area contributed by atoms with E-state index in [-0.39, 0.29) is 17.4 Å². The summed E-state index contributed by atoms with van der Waals surface area (Å²) < 4.78 is 6.00. The van der Waals surface area contributed by atoms with Crippen LogP contribution in [0.1, 0.15) is 40.2 Å². The molecular formula is C19H32N4O2. The van der Waals surface area contributed by atoms with Gasteiger partial charge in [-0.3, -0.25) is 9.79 Å². The number of guanidine groups is 1. The number of amides is 1. The molecule has 0 aliphatic carbocycles. The van der Waals surface area contributed by atoms with E-state index in [2.05, 4.69) is 20.9 Å². The molecule has 140 valence electrons. The molecule has 0 radical (unpaired) electrons. The molecule has 0 aliphatic heterocycles. The van der Waals surface area contributed by atoms with Crippen LogP contribution in [-0.2, 0) is 11.3 Å². The number of benzene rings is 1. The Balaban J connectivity index is 2.49. The summed E-state index contributed by atoms with van der Waals surface area (Å²) in [6.07, 6.45) is 0. The van der Waals surface area contributed by atoms with E-state index in [9.17, 15) is 4.79 Å². The van der Waals surface area contributed by atoms with Crippen LogP contribution in [0.5, 0.6) is 5.75 Å². The predicted octanol–water partition coefficient (Wildman–Crippen LogP) is 2.30. The second kappa shape index (κ2) is 9.91. The third-order valence-corrected chi connectivity index (χ3v) is 3.30. The highest BCUT2D eigenvalue weighted by Crippen LogP contribution is 2.22. The summed E-state index contributed by atoms with van der Waals surface area (Å²) in [5.41, 5.74) is 0.818. The third kappa shape index (κ3) is 8.42. The fraction of sp³-hybridized carbons (Fsp3) is 0.579. The van der Waals surface area contributed by atoms with Gasteiger partial charge in [0.15, 0.2) is 5.96 Å². The first-order valence-electron chi connectivity index (χ1n) is 8.72. The molecule has 25 heavy (non-hydrogen) atoms. The van der Waals surface area contributed by atoms with Gasteiger partial charge in [-0.1, -0.05) is 32.0 Å². The van der Waals surface area contributed by atoms with E-state index >= 15 is 0 Å². The predicted molar refractivity (Wildman–Crippen MR) is 103 cm³/mol. The van der Waals surface area contributed by atoms with E-state index in [1.165, 1.54) is 0 Å². The molecule has 0 unspecified atom stereocenters. The number of nitrogens with zero attached hydrogens (tertiary/aromatic N) is 1. The topological polar surface area (TPSA) is 74.8 Å². The van der Waals surface area contributed by atoms with Crippen molar-refractivity contribution in [3.05, 3.63) is 29.8 Å². The molecular weight excluding hydrogens is 316 g/mol. The molecule has 1 aromatic carbocycles. The van der Waals surface area contributed by atoms with Gasteiger partial charge in [-0.25, -0.2) is 0 Å². The van der Waals surface area contributed by atoms with Gasteiger partial charge in [-0.05, 0) is 26.8 Å². The lowest BCUT2D eigenvalue weighted by atomic mass is 10.1. The molecule has 0 heterocycles. The van der Waals surface area contributed by atoms with E-state index in [0.717, 1.165) is 11.3 Å². The van der Waals surface area contributed by atoms with Crippen LogP contribution in [-0.4, -0.2) is 37.6 Å². The maximum Gasteiger partial charge on any atom is 0.222 e. The molecule has 0 aliphatic rings. The number of rotatable bonds is 7. The number of aliphatic imine (C=N–C) groups is 1. The summed E-state index contributed by atoms with van der Waals surface area (Å²) in [4.78, 5) is 15.7. The summed E-state index contributed by atoms with van der Waals surface area (Å²) in [6, 6.07) is 7.96. The molecule has 1 rings (SSSR count). The molecule has 0 bridgehead atoms. The van der Waals surface area contributed by atoms with Gasteiger partial charge in [0.2, 0.25) is 5.91 Å². The standard InChI is InChI=1S/C19H32N4O2/c1-14(2)17(24)21-11-12-22-18(20-6)23-13-15-9-7-8-10-16(15)25-19(3,4)5/h7-10,14H,11-13H2,1-6H3,(H,21,24)(H2,20,22,23). The quantitative estimate of drug-likeness (QED) is 0.402. The molecule has 0 fully saturated rings. The van der Waals surface area contributed by atoms with Gasteiger partial charge in [-0.15, -0.1) is 0 Å². The lowest BCUT2D eigenvalue weighted by molar-refractivity contribution is -0.123. The Morgan fingerprint density at radius 3 is 2.36 bits per heavy atom. The van der Waals surface area contributed by atoms with Crippen LogP contribution in [0.15, 0.2) is 29.3 Å². The zero-order valence-corrected chi connectivity index (χ0v) is 16.3. The van der Waals surface area contributed by atoms with Crippen molar-refractivity contribution in [2.45, 2.75) is 46.8 Å². The van der Waals surface area contributed by atoms with E-state index in [1.807, 2.05) is 58.9 Å².